The fourth-order valence-corrected chi connectivity index (χ4v) is 4.05. The minimum absolute atomic E-state index is 0.0753. The first-order valence-electron chi connectivity index (χ1n) is 10.4. The van der Waals surface area contributed by atoms with Gasteiger partial charge in [-0.2, -0.15) is 0 Å². The fraction of sp³-hybridized carbons (Fsp3) is 0.261. The van der Waals surface area contributed by atoms with Crippen molar-refractivity contribution in [3.8, 4) is 5.75 Å². The smallest absolute Gasteiger partial charge is 0.339 e. The molecule has 0 radical (unpaired) electrons. The topological polar surface area (TPSA) is 122 Å². The molecule has 2 aromatic carbocycles. The zero-order chi connectivity index (χ0) is 26.4. The number of aromatic nitrogens is 3. The van der Waals surface area contributed by atoms with Crippen LogP contribution in [0.15, 0.2) is 41.6 Å². The van der Waals surface area contributed by atoms with Crippen molar-refractivity contribution in [2.45, 2.75) is 18.2 Å². The molecule has 10 nitrogen and oxygen atoms in total. The van der Waals surface area contributed by atoms with Gasteiger partial charge in [-0.05, 0) is 43.3 Å². The van der Waals surface area contributed by atoms with Crippen molar-refractivity contribution < 1.29 is 33.0 Å². The van der Waals surface area contributed by atoms with Gasteiger partial charge in [-0.25, -0.2) is 14.0 Å². The van der Waals surface area contributed by atoms with Crippen LogP contribution < -0.4 is 10.1 Å². The van der Waals surface area contributed by atoms with Crippen LogP contribution in [0.4, 0.5) is 10.1 Å². The van der Waals surface area contributed by atoms with Crippen LogP contribution in [0.3, 0.4) is 0 Å². The molecule has 1 aromatic heterocycles. The summed E-state index contributed by atoms with van der Waals surface area (Å²) in [6.45, 7) is 1.73. The van der Waals surface area contributed by atoms with E-state index in [1.807, 2.05) is 0 Å². The number of anilines is 1. The number of nitrogens with zero attached hydrogens (tertiary/aromatic N) is 3. The van der Waals surface area contributed by atoms with Crippen LogP contribution in [0.25, 0.3) is 0 Å². The second kappa shape index (κ2) is 11.9. The van der Waals surface area contributed by atoms with Gasteiger partial charge in [-0.15, -0.1) is 10.2 Å². The molecule has 0 saturated carbocycles. The number of thioether (sulfide) groups is 1. The third kappa shape index (κ3) is 6.32. The molecule has 1 heterocycles. The van der Waals surface area contributed by atoms with Crippen LogP contribution in [-0.2, 0) is 21.3 Å². The molecule has 1 N–H and O–H groups in total. The Kier molecular flexibility index (Phi) is 8.88. The molecule has 13 heteroatoms. The Balaban J connectivity index is 1.68. The second-order valence-corrected chi connectivity index (χ2v) is 8.66. The van der Waals surface area contributed by atoms with Gasteiger partial charge < -0.3 is 24.1 Å². The Labute approximate surface area is 215 Å². The van der Waals surface area contributed by atoms with E-state index >= 15 is 0 Å². The highest BCUT2D eigenvalue weighted by Gasteiger charge is 2.21. The number of methoxy groups -OCH3 is 2. The van der Waals surface area contributed by atoms with Crippen LogP contribution in [0.5, 0.6) is 5.75 Å². The van der Waals surface area contributed by atoms with Crippen LogP contribution >= 0.6 is 23.4 Å². The number of halogens is 2. The first-order chi connectivity index (χ1) is 17.1. The van der Waals surface area contributed by atoms with Crippen molar-refractivity contribution in [1.82, 2.24) is 14.8 Å². The number of carbonyl (C=O) groups excluding carboxylic acids is 3. The quantitative estimate of drug-likeness (QED) is 0.319. The average molecular weight is 537 g/mol. The molecule has 1 unspecified atom stereocenters. The third-order valence-corrected chi connectivity index (χ3v) is 6.20. The van der Waals surface area contributed by atoms with Crippen molar-refractivity contribution in [3.63, 3.8) is 0 Å². The van der Waals surface area contributed by atoms with Gasteiger partial charge in [0.1, 0.15) is 11.6 Å². The number of benzene rings is 2. The molecule has 3 rings (SSSR count). The van der Waals surface area contributed by atoms with Crippen LogP contribution in [-0.4, -0.2) is 52.6 Å². The summed E-state index contributed by atoms with van der Waals surface area (Å²) in [5.74, 6) is -1.57. The highest BCUT2D eigenvalue weighted by Crippen LogP contribution is 2.30. The lowest BCUT2D eigenvalue weighted by atomic mass is 10.1. The fourth-order valence-electron chi connectivity index (χ4n) is 3.12. The average Bonchev–Trinajstić information content (AvgIpc) is 3.23. The van der Waals surface area contributed by atoms with Gasteiger partial charge in [0.2, 0.25) is 5.91 Å². The standard InChI is InChI=1S/C23H22ClFN4O6S/c1-12(35-18-8-6-14(25)10-16(18)24)20-27-28-23(29(20)2)36-11-19(30)26-17-9-13(21(31)33-3)5-7-15(17)22(32)34-4/h5-10,12H,11H2,1-4H3,(H,26,30). The van der Waals surface area contributed by atoms with Gasteiger partial charge in [0.05, 0.1) is 41.8 Å². The van der Waals surface area contributed by atoms with Gasteiger partial charge >= 0.3 is 11.9 Å². The largest absolute Gasteiger partial charge is 0.481 e. The summed E-state index contributed by atoms with van der Waals surface area (Å²) in [7, 11) is 4.13. The van der Waals surface area contributed by atoms with Crippen molar-refractivity contribution >= 4 is 46.9 Å². The van der Waals surface area contributed by atoms with E-state index in [1.54, 1.807) is 18.5 Å². The lowest BCUT2D eigenvalue weighted by molar-refractivity contribution is -0.113. The number of rotatable bonds is 9. The molecule has 0 aliphatic heterocycles. The summed E-state index contributed by atoms with van der Waals surface area (Å²) < 4.78 is 30.1. The number of nitrogens with one attached hydrogen (secondary N) is 1. The molecular formula is C23H22ClFN4O6S. The van der Waals surface area contributed by atoms with Crippen molar-refractivity contribution in [2.24, 2.45) is 7.05 Å². The zero-order valence-electron chi connectivity index (χ0n) is 19.7. The number of esters is 2. The summed E-state index contributed by atoms with van der Waals surface area (Å²) in [6.07, 6.45) is -0.572. The predicted molar refractivity (Wildman–Crippen MR) is 130 cm³/mol. The number of carbonyl (C=O) groups is 3. The van der Waals surface area contributed by atoms with Crippen LogP contribution in [0.1, 0.15) is 39.6 Å². The van der Waals surface area contributed by atoms with Gasteiger partial charge in [-0.3, -0.25) is 4.79 Å². The Morgan fingerprint density at radius 2 is 1.83 bits per heavy atom. The highest BCUT2D eigenvalue weighted by atomic mass is 35.5. The van der Waals surface area contributed by atoms with E-state index in [0.29, 0.717) is 11.0 Å². The molecule has 3 aromatic rings. The Morgan fingerprint density at radius 3 is 2.50 bits per heavy atom. The van der Waals surface area contributed by atoms with E-state index in [1.165, 1.54) is 44.6 Å². The molecular weight excluding hydrogens is 515 g/mol. The van der Waals surface area contributed by atoms with Crippen LogP contribution in [0.2, 0.25) is 5.02 Å². The minimum Gasteiger partial charge on any atom is -0.481 e. The molecule has 1 atom stereocenters. The first kappa shape index (κ1) is 27.0. The first-order valence-corrected chi connectivity index (χ1v) is 11.7. The van der Waals surface area contributed by atoms with E-state index in [9.17, 15) is 18.8 Å². The maximum atomic E-state index is 13.3. The molecule has 1 amide bonds. The lowest BCUT2D eigenvalue weighted by Gasteiger charge is -2.15. The lowest BCUT2D eigenvalue weighted by Crippen LogP contribution is -2.18. The zero-order valence-corrected chi connectivity index (χ0v) is 21.3. The van der Waals surface area contributed by atoms with E-state index in [2.05, 4.69) is 20.3 Å². The molecule has 0 fully saturated rings. The van der Waals surface area contributed by atoms with E-state index in [4.69, 9.17) is 21.1 Å². The van der Waals surface area contributed by atoms with Gasteiger partial charge in [-0.1, -0.05) is 23.4 Å². The van der Waals surface area contributed by atoms with Crippen molar-refractivity contribution in [2.75, 3.05) is 25.3 Å². The maximum Gasteiger partial charge on any atom is 0.339 e. The van der Waals surface area contributed by atoms with Crippen LogP contribution in [0, 0.1) is 5.82 Å². The van der Waals surface area contributed by atoms with Gasteiger partial charge in [0.25, 0.3) is 0 Å². The monoisotopic (exact) mass is 536 g/mol. The Morgan fingerprint density at radius 1 is 1.11 bits per heavy atom. The van der Waals surface area contributed by atoms with E-state index in [0.717, 1.165) is 17.8 Å². The molecule has 0 bridgehead atoms. The van der Waals surface area contributed by atoms with Crippen molar-refractivity contribution in [3.05, 3.63) is 64.2 Å². The Bertz CT molecular complexity index is 1300. The van der Waals surface area contributed by atoms with Gasteiger partial charge in [0, 0.05) is 7.05 Å². The molecule has 36 heavy (non-hydrogen) atoms. The Hall–Kier alpha value is -3.64. The summed E-state index contributed by atoms with van der Waals surface area (Å²) in [6, 6.07) is 7.89. The minimum atomic E-state index is -0.678. The van der Waals surface area contributed by atoms with E-state index in [-0.39, 0.29) is 33.3 Å². The summed E-state index contributed by atoms with van der Waals surface area (Å²) >= 11 is 7.12. The van der Waals surface area contributed by atoms with E-state index < -0.39 is 29.8 Å². The molecule has 190 valence electrons. The maximum absolute atomic E-state index is 13.3. The highest BCUT2D eigenvalue weighted by molar-refractivity contribution is 7.99. The summed E-state index contributed by atoms with van der Waals surface area (Å²) in [4.78, 5) is 36.5. The third-order valence-electron chi connectivity index (χ3n) is 4.88. The number of hydrogen-bond acceptors (Lipinski definition) is 9. The predicted octanol–water partition coefficient (Wildman–Crippen LogP) is 4.05. The molecule has 0 aliphatic carbocycles. The normalized spacial score (nSPS) is 11.5. The number of hydrogen-bond donors (Lipinski definition) is 1. The summed E-state index contributed by atoms with van der Waals surface area (Å²) in [5, 5.41) is 11.4. The molecule has 0 aliphatic rings. The summed E-state index contributed by atoms with van der Waals surface area (Å²) in [5.41, 5.74) is 0.336. The van der Waals surface area contributed by atoms with Crippen molar-refractivity contribution in [1.29, 1.82) is 0 Å². The SMILES string of the molecule is COC(=O)c1ccc(C(=O)OC)c(NC(=O)CSc2nnc(C(C)Oc3ccc(F)cc3Cl)n2C)c1. The second-order valence-electron chi connectivity index (χ2n) is 7.31. The number of ether oxygens (including phenoxy) is 3. The molecule has 0 saturated heterocycles. The van der Waals surface area contributed by atoms with Gasteiger partial charge in [0.15, 0.2) is 17.1 Å². The molecule has 0 spiro atoms. The number of amides is 1.